The number of hydrogen-bond donors (Lipinski definition) is 0. The van der Waals surface area contributed by atoms with Gasteiger partial charge in [0.1, 0.15) is 17.2 Å². The van der Waals surface area contributed by atoms with E-state index >= 15 is 0 Å². The van der Waals surface area contributed by atoms with Gasteiger partial charge in [0.05, 0.1) is 4.90 Å². The molecular weight excluding hydrogens is 374 g/mol. The summed E-state index contributed by atoms with van der Waals surface area (Å²) in [5, 5.41) is 0. The van der Waals surface area contributed by atoms with E-state index in [1.165, 1.54) is 15.3 Å². The van der Waals surface area contributed by atoms with Crippen LogP contribution in [0.1, 0.15) is 21.5 Å². The molecule has 2 aromatic rings. The van der Waals surface area contributed by atoms with E-state index in [1.54, 1.807) is 25.1 Å². The minimum absolute atomic E-state index is 0.0662. The quantitative estimate of drug-likeness (QED) is 0.804. The molecule has 2 aromatic carbocycles. The van der Waals surface area contributed by atoms with Gasteiger partial charge in [0.15, 0.2) is 0 Å². The SMILES string of the molecule is Cc1ccc(S(=O)(=O)N2CCN(C(=O)c3c(F)cccc3F)CC2)c(C)c1. The highest BCUT2D eigenvalue weighted by Crippen LogP contribution is 2.23. The minimum atomic E-state index is -3.69. The second kappa shape index (κ2) is 7.36. The van der Waals surface area contributed by atoms with E-state index in [2.05, 4.69) is 0 Å². The van der Waals surface area contributed by atoms with Crippen LogP contribution >= 0.6 is 0 Å². The molecule has 1 saturated heterocycles. The molecule has 8 heteroatoms. The normalized spacial score (nSPS) is 15.8. The Kier molecular flexibility index (Phi) is 5.30. The summed E-state index contributed by atoms with van der Waals surface area (Å²) in [5.41, 5.74) is 1.01. The van der Waals surface area contributed by atoms with E-state index in [4.69, 9.17) is 0 Å². The average Bonchev–Trinajstić information content (AvgIpc) is 2.61. The van der Waals surface area contributed by atoms with Crippen molar-refractivity contribution in [2.24, 2.45) is 0 Å². The van der Waals surface area contributed by atoms with Crippen molar-refractivity contribution < 1.29 is 22.0 Å². The molecule has 1 amide bonds. The molecule has 3 rings (SSSR count). The first-order chi connectivity index (χ1) is 12.7. The van der Waals surface area contributed by atoms with Crippen molar-refractivity contribution in [1.82, 2.24) is 9.21 Å². The van der Waals surface area contributed by atoms with Gasteiger partial charge in [-0.3, -0.25) is 4.79 Å². The lowest BCUT2D eigenvalue weighted by atomic mass is 10.1. The van der Waals surface area contributed by atoms with Crippen LogP contribution in [-0.2, 0) is 10.0 Å². The zero-order valence-electron chi connectivity index (χ0n) is 15.1. The fraction of sp³-hybridized carbons (Fsp3) is 0.316. The Labute approximate surface area is 157 Å². The van der Waals surface area contributed by atoms with Crippen molar-refractivity contribution >= 4 is 15.9 Å². The van der Waals surface area contributed by atoms with Gasteiger partial charge in [-0.15, -0.1) is 0 Å². The van der Waals surface area contributed by atoms with Crippen LogP contribution in [0.4, 0.5) is 8.78 Å². The molecule has 0 atom stereocenters. The maximum Gasteiger partial charge on any atom is 0.259 e. The van der Waals surface area contributed by atoms with Crippen LogP contribution in [0.3, 0.4) is 0 Å². The number of nitrogens with zero attached hydrogens (tertiary/aromatic N) is 2. The topological polar surface area (TPSA) is 57.7 Å². The van der Waals surface area contributed by atoms with Gasteiger partial charge < -0.3 is 4.90 Å². The predicted molar refractivity (Wildman–Crippen MR) is 96.9 cm³/mol. The minimum Gasteiger partial charge on any atom is -0.336 e. The number of amides is 1. The molecule has 0 unspecified atom stereocenters. The van der Waals surface area contributed by atoms with Crippen LogP contribution in [0.25, 0.3) is 0 Å². The molecule has 5 nitrogen and oxygen atoms in total. The lowest BCUT2D eigenvalue weighted by Crippen LogP contribution is -2.50. The Morgan fingerprint density at radius 1 is 0.963 bits per heavy atom. The lowest BCUT2D eigenvalue weighted by molar-refractivity contribution is 0.0688. The zero-order chi connectivity index (χ0) is 19.8. The molecule has 0 aromatic heterocycles. The molecule has 1 fully saturated rings. The van der Waals surface area contributed by atoms with E-state index < -0.39 is 33.1 Å². The molecule has 0 radical (unpaired) electrons. The van der Waals surface area contributed by atoms with E-state index in [0.29, 0.717) is 5.56 Å². The first kappa shape index (κ1) is 19.4. The first-order valence-corrected chi connectivity index (χ1v) is 9.96. The molecule has 1 heterocycles. The Bertz CT molecular complexity index is 964. The van der Waals surface area contributed by atoms with Gasteiger partial charge in [-0.2, -0.15) is 4.31 Å². The summed E-state index contributed by atoms with van der Waals surface area (Å²) in [4.78, 5) is 13.9. The smallest absolute Gasteiger partial charge is 0.259 e. The molecule has 27 heavy (non-hydrogen) atoms. The molecule has 0 spiro atoms. The number of benzene rings is 2. The van der Waals surface area contributed by atoms with Gasteiger partial charge >= 0.3 is 0 Å². The third kappa shape index (κ3) is 3.72. The van der Waals surface area contributed by atoms with Crippen LogP contribution < -0.4 is 0 Å². The summed E-state index contributed by atoms with van der Waals surface area (Å²) in [5.74, 6) is -2.62. The summed E-state index contributed by atoms with van der Waals surface area (Å²) in [6.07, 6.45) is 0. The molecule has 0 bridgehead atoms. The number of halogens is 2. The van der Waals surface area contributed by atoms with Crippen molar-refractivity contribution in [3.63, 3.8) is 0 Å². The van der Waals surface area contributed by atoms with E-state index in [-0.39, 0.29) is 31.1 Å². The third-order valence-electron chi connectivity index (χ3n) is 4.65. The van der Waals surface area contributed by atoms with Gasteiger partial charge in [-0.05, 0) is 37.6 Å². The molecule has 1 aliphatic rings. The second-order valence-electron chi connectivity index (χ2n) is 6.56. The van der Waals surface area contributed by atoms with Crippen LogP contribution in [0.2, 0.25) is 0 Å². The fourth-order valence-corrected chi connectivity index (χ4v) is 4.85. The number of rotatable bonds is 3. The highest BCUT2D eigenvalue weighted by molar-refractivity contribution is 7.89. The lowest BCUT2D eigenvalue weighted by Gasteiger charge is -2.34. The molecule has 0 saturated carbocycles. The Morgan fingerprint density at radius 3 is 2.11 bits per heavy atom. The first-order valence-electron chi connectivity index (χ1n) is 8.52. The molecule has 0 N–H and O–H groups in total. The molecule has 144 valence electrons. The summed E-state index contributed by atoms with van der Waals surface area (Å²) in [7, 11) is -3.69. The molecular formula is C19H20F2N2O3S. The van der Waals surface area contributed by atoms with E-state index in [1.807, 2.05) is 6.92 Å². The highest BCUT2D eigenvalue weighted by Gasteiger charge is 2.32. The van der Waals surface area contributed by atoms with E-state index in [9.17, 15) is 22.0 Å². The second-order valence-corrected chi connectivity index (χ2v) is 8.47. The van der Waals surface area contributed by atoms with Gasteiger partial charge in [0, 0.05) is 26.2 Å². The van der Waals surface area contributed by atoms with E-state index in [0.717, 1.165) is 17.7 Å². The zero-order valence-corrected chi connectivity index (χ0v) is 15.9. The Hall–Kier alpha value is -2.32. The Morgan fingerprint density at radius 2 is 1.56 bits per heavy atom. The predicted octanol–water partition coefficient (Wildman–Crippen LogP) is 2.73. The summed E-state index contributed by atoms with van der Waals surface area (Å²) in [6, 6.07) is 8.35. The van der Waals surface area contributed by atoms with Crippen LogP contribution in [-0.4, -0.2) is 49.7 Å². The molecule has 0 aliphatic carbocycles. The third-order valence-corrected chi connectivity index (χ3v) is 6.71. The number of carbonyl (C=O) groups excluding carboxylic acids is 1. The van der Waals surface area contributed by atoms with Gasteiger partial charge in [-0.25, -0.2) is 17.2 Å². The highest BCUT2D eigenvalue weighted by atomic mass is 32.2. The number of aryl methyl sites for hydroxylation is 2. The standard InChI is InChI=1S/C19H20F2N2O3S/c1-13-6-7-17(14(2)12-13)27(25,26)23-10-8-22(9-11-23)19(24)18-15(20)4-3-5-16(18)21/h3-7,12H,8-11H2,1-2H3. The van der Waals surface area contributed by atoms with Gasteiger partial charge in [-0.1, -0.05) is 23.8 Å². The van der Waals surface area contributed by atoms with Crippen molar-refractivity contribution in [3.05, 3.63) is 64.7 Å². The van der Waals surface area contributed by atoms with Crippen LogP contribution in [0.15, 0.2) is 41.3 Å². The fourth-order valence-electron chi connectivity index (χ4n) is 3.22. The maximum absolute atomic E-state index is 13.8. The largest absolute Gasteiger partial charge is 0.336 e. The average molecular weight is 394 g/mol. The van der Waals surface area contributed by atoms with Crippen LogP contribution in [0, 0.1) is 25.5 Å². The number of piperazine rings is 1. The maximum atomic E-state index is 13.8. The Balaban J connectivity index is 1.76. The summed E-state index contributed by atoms with van der Waals surface area (Å²) in [6.45, 7) is 3.89. The van der Waals surface area contributed by atoms with Crippen molar-refractivity contribution in [1.29, 1.82) is 0 Å². The monoisotopic (exact) mass is 394 g/mol. The number of hydrogen-bond acceptors (Lipinski definition) is 3. The van der Waals surface area contributed by atoms with Crippen molar-refractivity contribution in [2.75, 3.05) is 26.2 Å². The van der Waals surface area contributed by atoms with Gasteiger partial charge in [0.2, 0.25) is 10.0 Å². The molecule has 1 aliphatic heterocycles. The number of sulfonamides is 1. The van der Waals surface area contributed by atoms with Crippen molar-refractivity contribution in [3.8, 4) is 0 Å². The van der Waals surface area contributed by atoms with Gasteiger partial charge in [0.25, 0.3) is 5.91 Å². The number of carbonyl (C=O) groups is 1. The van der Waals surface area contributed by atoms with Crippen LogP contribution in [0.5, 0.6) is 0 Å². The van der Waals surface area contributed by atoms with Crippen molar-refractivity contribution in [2.45, 2.75) is 18.7 Å². The summed E-state index contributed by atoms with van der Waals surface area (Å²) < 4.78 is 54.7. The summed E-state index contributed by atoms with van der Waals surface area (Å²) >= 11 is 0.